The highest BCUT2D eigenvalue weighted by atomic mass is 16.2. The maximum Gasteiger partial charge on any atom is 0.276 e. The largest absolute Gasteiger partial charge is 0.332 e. The van der Waals surface area contributed by atoms with E-state index < -0.39 is 0 Å². The van der Waals surface area contributed by atoms with E-state index in [-0.39, 0.29) is 11.9 Å². The lowest BCUT2D eigenvalue weighted by atomic mass is 10.2. The van der Waals surface area contributed by atoms with Crippen LogP contribution in [0.5, 0.6) is 0 Å². The molecule has 2 rings (SSSR count). The number of nitrogens with zero attached hydrogens (tertiary/aromatic N) is 3. The fourth-order valence-corrected chi connectivity index (χ4v) is 1.59. The number of aromatic nitrogens is 3. The van der Waals surface area contributed by atoms with E-state index in [1.807, 2.05) is 11.8 Å². The van der Waals surface area contributed by atoms with Gasteiger partial charge in [-0.05, 0) is 6.92 Å². The second-order valence-electron chi connectivity index (χ2n) is 3.41. The van der Waals surface area contributed by atoms with Gasteiger partial charge >= 0.3 is 0 Å². The molecule has 0 spiro atoms. The molecule has 6 nitrogen and oxygen atoms in total. The quantitative estimate of drug-likeness (QED) is 0.617. The molecule has 0 bridgehead atoms. The zero-order valence-electron chi connectivity index (χ0n) is 8.03. The van der Waals surface area contributed by atoms with Gasteiger partial charge in [-0.1, -0.05) is 0 Å². The van der Waals surface area contributed by atoms with Crippen molar-refractivity contribution in [3.63, 3.8) is 0 Å². The van der Waals surface area contributed by atoms with Gasteiger partial charge < -0.3 is 10.2 Å². The number of H-pyrrole nitrogens is 1. The molecule has 1 aliphatic rings. The first kappa shape index (κ1) is 9.14. The standard InChI is InChI=1S/C8H13N5O/c1-6-4-9-2-3-13(6)8(14)7-5-10-12-11-7/h5-6,9H,2-4H2,1H3,(H,10,11,12)/t6-/m1/s1. The Kier molecular flexibility index (Phi) is 2.45. The minimum Gasteiger partial charge on any atom is -0.332 e. The topological polar surface area (TPSA) is 73.9 Å². The van der Waals surface area contributed by atoms with Gasteiger partial charge in [-0.3, -0.25) is 4.79 Å². The summed E-state index contributed by atoms with van der Waals surface area (Å²) in [4.78, 5) is 13.7. The lowest BCUT2D eigenvalue weighted by Gasteiger charge is -2.33. The van der Waals surface area contributed by atoms with Gasteiger partial charge in [-0.25, -0.2) is 0 Å². The van der Waals surface area contributed by atoms with Crippen LogP contribution in [-0.2, 0) is 0 Å². The summed E-state index contributed by atoms with van der Waals surface area (Å²) in [7, 11) is 0. The van der Waals surface area contributed by atoms with Crippen LogP contribution in [0.25, 0.3) is 0 Å². The normalized spacial score (nSPS) is 22.4. The number of rotatable bonds is 1. The monoisotopic (exact) mass is 195 g/mol. The third-order valence-corrected chi connectivity index (χ3v) is 2.40. The van der Waals surface area contributed by atoms with Gasteiger partial charge in [0.15, 0.2) is 5.69 Å². The lowest BCUT2D eigenvalue weighted by Crippen LogP contribution is -2.52. The maximum atomic E-state index is 11.8. The average Bonchev–Trinajstić information content (AvgIpc) is 2.70. The molecule has 1 aromatic rings. The number of carbonyl (C=O) groups excluding carboxylic acids is 1. The van der Waals surface area contributed by atoms with Crippen LogP contribution in [-0.4, -0.2) is 51.9 Å². The van der Waals surface area contributed by atoms with Crippen molar-refractivity contribution >= 4 is 5.91 Å². The first-order valence-electron chi connectivity index (χ1n) is 4.66. The Morgan fingerprint density at radius 3 is 3.21 bits per heavy atom. The average molecular weight is 195 g/mol. The van der Waals surface area contributed by atoms with Crippen LogP contribution in [0.2, 0.25) is 0 Å². The van der Waals surface area contributed by atoms with Crippen molar-refractivity contribution in [2.24, 2.45) is 0 Å². The molecular formula is C8H13N5O. The second kappa shape index (κ2) is 3.75. The molecular weight excluding hydrogens is 182 g/mol. The third-order valence-electron chi connectivity index (χ3n) is 2.40. The first-order chi connectivity index (χ1) is 6.79. The minimum absolute atomic E-state index is 0.0484. The zero-order chi connectivity index (χ0) is 9.97. The molecule has 0 radical (unpaired) electrons. The summed E-state index contributed by atoms with van der Waals surface area (Å²) in [6, 6.07) is 0.216. The van der Waals surface area contributed by atoms with E-state index >= 15 is 0 Å². The SMILES string of the molecule is C[C@@H]1CNCCN1C(=O)c1cn[nH]n1. The van der Waals surface area contributed by atoms with Crippen LogP contribution >= 0.6 is 0 Å². The van der Waals surface area contributed by atoms with Crippen LogP contribution in [0.1, 0.15) is 17.4 Å². The van der Waals surface area contributed by atoms with E-state index in [2.05, 4.69) is 20.7 Å². The highest BCUT2D eigenvalue weighted by molar-refractivity contribution is 5.92. The summed E-state index contributed by atoms with van der Waals surface area (Å²) in [6.45, 7) is 4.43. The van der Waals surface area contributed by atoms with Gasteiger partial charge in [0.05, 0.1) is 6.20 Å². The Bertz CT molecular complexity index is 310. The molecule has 1 aromatic heterocycles. The second-order valence-corrected chi connectivity index (χ2v) is 3.41. The Balaban J connectivity index is 2.10. The predicted octanol–water partition coefficient (Wildman–Crippen LogP) is -0.761. The van der Waals surface area contributed by atoms with Crippen LogP contribution in [0, 0.1) is 0 Å². The molecule has 1 atom stereocenters. The van der Waals surface area contributed by atoms with Crippen molar-refractivity contribution in [2.45, 2.75) is 13.0 Å². The van der Waals surface area contributed by atoms with Crippen molar-refractivity contribution in [1.29, 1.82) is 0 Å². The minimum atomic E-state index is -0.0484. The van der Waals surface area contributed by atoms with Gasteiger partial charge in [0.1, 0.15) is 0 Å². The van der Waals surface area contributed by atoms with Crippen molar-refractivity contribution < 1.29 is 4.79 Å². The number of hydrogen-bond acceptors (Lipinski definition) is 4. The number of aromatic amines is 1. The molecule has 1 fully saturated rings. The van der Waals surface area contributed by atoms with Gasteiger partial charge in [0.25, 0.3) is 5.91 Å². The van der Waals surface area contributed by atoms with Crippen molar-refractivity contribution in [3.8, 4) is 0 Å². The number of carbonyl (C=O) groups is 1. The van der Waals surface area contributed by atoms with E-state index in [1.54, 1.807) is 0 Å². The molecule has 2 heterocycles. The molecule has 1 amide bonds. The smallest absolute Gasteiger partial charge is 0.276 e. The summed E-state index contributed by atoms with van der Waals surface area (Å²) in [6.07, 6.45) is 1.46. The molecule has 2 N–H and O–H groups in total. The third kappa shape index (κ3) is 1.60. The summed E-state index contributed by atoms with van der Waals surface area (Å²) in [5, 5.41) is 13.1. The van der Waals surface area contributed by atoms with Gasteiger partial charge in [-0.15, -0.1) is 0 Å². The maximum absolute atomic E-state index is 11.8. The molecule has 0 saturated carbocycles. The Hall–Kier alpha value is -1.43. The molecule has 1 saturated heterocycles. The number of nitrogens with one attached hydrogen (secondary N) is 2. The van der Waals surface area contributed by atoms with Crippen LogP contribution in [0.15, 0.2) is 6.20 Å². The summed E-state index contributed by atoms with van der Waals surface area (Å²) >= 11 is 0. The Morgan fingerprint density at radius 2 is 2.57 bits per heavy atom. The molecule has 76 valence electrons. The fourth-order valence-electron chi connectivity index (χ4n) is 1.59. The highest BCUT2D eigenvalue weighted by Gasteiger charge is 2.25. The van der Waals surface area contributed by atoms with E-state index in [1.165, 1.54) is 6.20 Å². The number of amides is 1. The molecule has 0 aromatic carbocycles. The molecule has 6 heteroatoms. The predicted molar refractivity (Wildman–Crippen MR) is 49.8 cm³/mol. The van der Waals surface area contributed by atoms with Crippen LogP contribution < -0.4 is 5.32 Å². The Labute approximate surface area is 81.7 Å². The molecule has 0 aliphatic carbocycles. The van der Waals surface area contributed by atoms with E-state index in [0.29, 0.717) is 5.69 Å². The van der Waals surface area contributed by atoms with E-state index in [0.717, 1.165) is 19.6 Å². The van der Waals surface area contributed by atoms with Gasteiger partial charge in [0, 0.05) is 25.7 Å². The number of piperazine rings is 1. The van der Waals surface area contributed by atoms with Gasteiger partial charge in [-0.2, -0.15) is 15.4 Å². The van der Waals surface area contributed by atoms with E-state index in [9.17, 15) is 4.79 Å². The van der Waals surface area contributed by atoms with Crippen molar-refractivity contribution in [1.82, 2.24) is 25.6 Å². The highest BCUT2D eigenvalue weighted by Crippen LogP contribution is 2.06. The van der Waals surface area contributed by atoms with E-state index in [4.69, 9.17) is 0 Å². The van der Waals surface area contributed by atoms with Gasteiger partial charge in [0.2, 0.25) is 0 Å². The lowest BCUT2D eigenvalue weighted by molar-refractivity contribution is 0.0649. The fraction of sp³-hybridized carbons (Fsp3) is 0.625. The van der Waals surface area contributed by atoms with Crippen molar-refractivity contribution in [2.75, 3.05) is 19.6 Å². The summed E-state index contributed by atoms with van der Waals surface area (Å²) in [5.41, 5.74) is 0.388. The summed E-state index contributed by atoms with van der Waals surface area (Å²) < 4.78 is 0. The summed E-state index contributed by atoms with van der Waals surface area (Å²) in [5.74, 6) is -0.0484. The molecule has 1 aliphatic heterocycles. The zero-order valence-corrected chi connectivity index (χ0v) is 8.03. The van der Waals surface area contributed by atoms with Crippen LogP contribution in [0.3, 0.4) is 0 Å². The van der Waals surface area contributed by atoms with Crippen molar-refractivity contribution in [3.05, 3.63) is 11.9 Å². The van der Waals surface area contributed by atoms with Crippen LogP contribution in [0.4, 0.5) is 0 Å². The molecule has 14 heavy (non-hydrogen) atoms. The number of hydrogen-bond donors (Lipinski definition) is 2. The Morgan fingerprint density at radius 1 is 1.71 bits per heavy atom. The molecule has 0 unspecified atom stereocenters. The first-order valence-corrected chi connectivity index (χ1v) is 4.66.